The van der Waals surface area contributed by atoms with Gasteiger partial charge in [-0.1, -0.05) is 42.5 Å². The number of amidine groups is 1. The second kappa shape index (κ2) is 16.5. The number of para-hydroxylation sites is 1. The maximum absolute atomic E-state index is 14.4. The van der Waals surface area contributed by atoms with Gasteiger partial charge in [0, 0.05) is 46.8 Å². The fourth-order valence-electron chi connectivity index (χ4n) is 7.50. The number of nitrogens with zero attached hydrogens (tertiary/aromatic N) is 2. The van der Waals surface area contributed by atoms with Crippen LogP contribution in [0.15, 0.2) is 64.6 Å². The lowest BCUT2D eigenvalue weighted by molar-refractivity contribution is -0.723. The minimum absolute atomic E-state index is 0.0176. The number of hydrogen-bond donors (Lipinski definition) is 9. The predicted octanol–water partition coefficient (Wildman–Crippen LogP) is -1.73. The maximum atomic E-state index is 14.4. The fraction of sp³-hybridized carbons (Fsp3) is 0.359. The Kier molecular flexibility index (Phi) is 11.5. The average Bonchev–Trinajstić information content (AvgIpc) is 3.64. The van der Waals surface area contributed by atoms with Crippen molar-refractivity contribution in [3.63, 3.8) is 0 Å². The number of rotatable bonds is 14. The first-order chi connectivity index (χ1) is 27.5. The molecule has 0 radical (unpaired) electrons. The smallest absolute Gasteiger partial charge is 0.284 e. The van der Waals surface area contributed by atoms with E-state index in [1.807, 2.05) is 0 Å². The molecule has 18 heteroatoms. The van der Waals surface area contributed by atoms with Gasteiger partial charge in [0.1, 0.15) is 43.0 Å². The van der Waals surface area contributed by atoms with Gasteiger partial charge in [-0.25, -0.2) is 9.89 Å². The first kappa shape index (κ1) is 39.7. The molecule has 298 valence electrons. The van der Waals surface area contributed by atoms with Gasteiger partial charge in [0.25, 0.3) is 11.7 Å². The topological polar surface area (TPSA) is 282 Å². The minimum Gasteiger partial charge on any atom is -0.486 e. The molecular weight excluding hydrogens is 746 g/mol. The van der Waals surface area contributed by atoms with E-state index >= 15 is 0 Å². The Balaban J connectivity index is 1.48. The molecule has 1 amide bonds. The Bertz CT molecular complexity index is 2190. The molecule has 0 bridgehead atoms. The molecule has 4 aliphatic rings. The zero-order valence-electron chi connectivity index (χ0n) is 30.2. The monoisotopic (exact) mass is 786 g/mol. The lowest BCUT2D eigenvalue weighted by Gasteiger charge is -2.40. The van der Waals surface area contributed by atoms with Crippen molar-refractivity contribution in [1.29, 1.82) is 5.41 Å². The van der Waals surface area contributed by atoms with Crippen LogP contribution in [0, 0.1) is 5.41 Å². The third-order valence-corrected chi connectivity index (χ3v) is 10.3. The summed E-state index contributed by atoms with van der Waals surface area (Å²) < 4.78 is 18.3. The summed E-state index contributed by atoms with van der Waals surface area (Å²) in [6.07, 6.45) is -9.73. The third kappa shape index (κ3) is 7.28. The molecule has 3 heterocycles. The van der Waals surface area contributed by atoms with Crippen molar-refractivity contribution in [3.05, 3.63) is 88.0 Å². The SMILES string of the molecule is N=C1N=C2C(=NC[NH+]2c2ccccc2[C@H](CCCO)c2cc3c(c(OC[C@H](O)CC=O)c2O[C@H]2O[C@@H](CO)[C@H](O)[C@@H](O)[C@@H]2O)C(=O)c2ccccc2C3=O)C(=O)N1. The van der Waals surface area contributed by atoms with E-state index in [0.29, 0.717) is 22.4 Å². The number of amides is 1. The van der Waals surface area contributed by atoms with Crippen molar-refractivity contribution in [1.82, 2.24) is 5.32 Å². The number of aldehydes is 1. The molecule has 0 aromatic heterocycles. The van der Waals surface area contributed by atoms with Gasteiger partial charge in [0.15, 0.2) is 29.7 Å². The molecule has 0 spiro atoms. The number of quaternary nitrogens is 1. The number of fused-ring (bicyclic) bond motifs is 3. The number of carbonyl (C=O) groups is 4. The fourth-order valence-corrected chi connectivity index (χ4v) is 7.50. The van der Waals surface area contributed by atoms with E-state index in [-0.39, 0.29) is 89.4 Å². The highest BCUT2D eigenvalue weighted by molar-refractivity contribution is 6.68. The lowest BCUT2D eigenvalue weighted by atomic mass is 9.78. The molecule has 8 atom stereocenters. The minimum atomic E-state index is -1.93. The van der Waals surface area contributed by atoms with Crippen LogP contribution < -0.4 is 19.7 Å². The maximum Gasteiger partial charge on any atom is 0.284 e. The second-order valence-corrected chi connectivity index (χ2v) is 13.8. The Morgan fingerprint density at radius 1 is 0.947 bits per heavy atom. The molecule has 1 saturated heterocycles. The number of ketones is 2. The first-order valence-electron chi connectivity index (χ1n) is 18.2. The third-order valence-electron chi connectivity index (χ3n) is 10.3. The predicted molar refractivity (Wildman–Crippen MR) is 197 cm³/mol. The molecule has 0 saturated carbocycles. The van der Waals surface area contributed by atoms with Crippen LogP contribution in [0.4, 0.5) is 5.69 Å². The zero-order chi connectivity index (χ0) is 40.5. The summed E-state index contributed by atoms with van der Waals surface area (Å²) in [5.41, 5.74) is 1.04. The van der Waals surface area contributed by atoms with Crippen molar-refractivity contribution in [3.8, 4) is 11.5 Å². The molecule has 1 fully saturated rings. The van der Waals surface area contributed by atoms with Crippen LogP contribution in [-0.4, -0.2) is 135 Å². The highest BCUT2D eigenvalue weighted by Gasteiger charge is 2.47. The first-order valence-corrected chi connectivity index (χ1v) is 18.2. The van der Waals surface area contributed by atoms with Gasteiger partial charge in [-0.15, -0.1) is 0 Å². The molecule has 7 rings (SSSR count). The number of guanidine groups is 1. The summed E-state index contributed by atoms with van der Waals surface area (Å²) in [5.74, 6) is -3.53. The number of ether oxygens (including phenoxy) is 3. The number of nitrogens with one attached hydrogen (secondary N) is 3. The number of carbonyl (C=O) groups excluding carboxylic acids is 4. The standard InChI is InChI=1S/C39H39N5O13/c40-39-42-36-28(37(54)43-39)41-17-44(36)25-10-4-3-6-20(25)19(9-5-12-45)23-14-24-27(30(50)22-8-2-1-7-21(22)29(24)49)35(55-16-18(48)11-13-46)34(23)57-38-33(53)32(52)31(51)26(15-47)56-38/h1-4,6-8,10,13-14,18-19,26,31-33,38,45,47-48,51-53H,5,9,11-12,15-17H2,(H2,40,43,54)/p+1/t18-,19+,26+,31+,32-,33+,38-/m1/s1. The Labute approximate surface area is 324 Å². The zero-order valence-corrected chi connectivity index (χ0v) is 30.2. The van der Waals surface area contributed by atoms with Gasteiger partial charge in [-0.3, -0.25) is 25.1 Å². The van der Waals surface area contributed by atoms with E-state index in [0.717, 1.165) is 0 Å². The molecule has 3 aromatic rings. The molecule has 3 aliphatic heterocycles. The van der Waals surface area contributed by atoms with Gasteiger partial charge < -0.3 is 49.6 Å². The van der Waals surface area contributed by atoms with Gasteiger partial charge in [-0.2, -0.15) is 4.99 Å². The largest absolute Gasteiger partial charge is 0.486 e. The van der Waals surface area contributed by atoms with E-state index in [1.54, 1.807) is 36.4 Å². The van der Waals surface area contributed by atoms with E-state index in [9.17, 15) is 49.8 Å². The van der Waals surface area contributed by atoms with Crippen molar-refractivity contribution in [2.24, 2.45) is 9.98 Å². The van der Waals surface area contributed by atoms with Crippen LogP contribution in [0.3, 0.4) is 0 Å². The van der Waals surface area contributed by atoms with Gasteiger partial charge in [0.05, 0.1) is 18.3 Å². The van der Waals surface area contributed by atoms with E-state index in [1.165, 1.54) is 18.2 Å². The summed E-state index contributed by atoms with van der Waals surface area (Å²) in [6, 6.07) is 14.5. The number of aliphatic hydroxyl groups is 6. The Morgan fingerprint density at radius 3 is 2.39 bits per heavy atom. The Morgan fingerprint density at radius 2 is 1.67 bits per heavy atom. The van der Waals surface area contributed by atoms with Crippen molar-refractivity contribution < 1.29 is 68.9 Å². The van der Waals surface area contributed by atoms with Crippen LogP contribution >= 0.6 is 0 Å². The number of benzene rings is 3. The van der Waals surface area contributed by atoms with Crippen LogP contribution in [0.25, 0.3) is 0 Å². The van der Waals surface area contributed by atoms with Crippen LogP contribution in [0.5, 0.6) is 11.5 Å². The quantitative estimate of drug-likeness (QED) is 0.0644. The summed E-state index contributed by atoms with van der Waals surface area (Å²) in [5, 5.41) is 73.6. The number of hydrogen-bond acceptors (Lipinski definition) is 15. The summed E-state index contributed by atoms with van der Waals surface area (Å²) >= 11 is 0. The molecule has 9 N–H and O–H groups in total. The summed E-state index contributed by atoms with van der Waals surface area (Å²) in [4.78, 5) is 61.9. The highest BCUT2D eigenvalue weighted by Crippen LogP contribution is 2.49. The van der Waals surface area contributed by atoms with Gasteiger partial charge in [0.2, 0.25) is 18.0 Å². The molecule has 18 nitrogen and oxygen atoms in total. The van der Waals surface area contributed by atoms with Crippen molar-refractivity contribution >= 4 is 47.0 Å². The molecule has 57 heavy (non-hydrogen) atoms. The molecule has 3 aromatic carbocycles. The molecular formula is C39H40N5O13+. The lowest BCUT2D eigenvalue weighted by Crippen LogP contribution is -3.09. The Hall–Kier alpha value is -5.57. The van der Waals surface area contributed by atoms with Gasteiger partial charge >= 0.3 is 0 Å². The van der Waals surface area contributed by atoms with Crippen LogP contribution in [-0.2, 0) is 14.3 Å². The van der Waals surface area contributed by atoms with Crippen molar-refractivity contribution in [2.75, 3.05) is 26.5 Å². The molecule has 1 aliphatic carbocycles. The van der Waals surface area contributed by atoms with Crippen LogP contribution in [0.1, 0.15) is 68.2 Å². The van der Waals surface area contributed by atoms with Crippen LogP contribution in [0.2, 0.25) is 0 Å². The van der Waals surface area contributed by atoms with E-state index < -0.39 is 73.4 Å². The normalized spacial score (nSPS) is 25.0. The van der Waals surface area contributed by atoms with Gasteiger partial charge in [-0.05, 0) is 25.0 Å². The summed E-state index contributed by atoms with van der Waals surface area (Å²) in [7, 11) is 0. The van der Waals surface area contributed by atoms with E-state index in [4.69, 9.17) is 19.6 Å². The second-order valence-electron chi connectivity index (χ2n) is 13.8. The van der Waals surface area contributed by atoms with E-state index in [2.05, 4.69) is 15.3 Å². The number of aliphatic imine (C=N–C) groups is 2. The summed E-state index contributed by atoms with van der Waals surface area (Å²) in [6.45, 7) is -1.63. The highest BCUT2D eigenvalue weighted by atomic mass is 16.7. The number of aliphatic hydroxyl groups excluding tert-OH is 6. The van der Waals surface area contributed by atoms with Crippen molar-refractivity contribution in [2.45, 2.75) is 62.0 Å². The average molecular weight is 787 g/mol. The molecule has 1 unspecified atom stereocenters.